The fourth-order valence-electron chi connectivity index (χ4n) is 4.16. The number of aliphatic carboxylic acids is 2. The number of nitrogens with two attached hydrogens (primary N) is 2. The molecule has 10 N–H and O–H groups in total. The summed E-state index contributed by atoms with van der Waals surface area (Å²) in [6.45, 7) is 0. The SMILES string of the molecule is N=C(N)c1ccc2[nH]c(-c3cc(C(CC(=O)O)C(=O)O)cc(-c4cccc(NC(N)=O)c4)c3O)cc2c1. The van der Waals surface area contributed by atoms with Crippen molar-refractivity contribution in [3.05, 3.63) is 71.8 Å². The Bertz CT molecular complexity index is 1580. The Morgan fingerprint density at radius 3 is 2.35 bits per heavy atom. The molecule has 4 rings (SSSR count). The quantitative estimate of drug-likeness (QED) is 0.132. The number of urea groups is 1. The lowest BCUT2D eigenvalue weighted by Crippen LogP contribution is -2.19. The molecule has 2 amide bonds. The summed E-state index contributed by atoms with van der Waals surface area (Å²) in [5.74, 6) is -4.33. The highest BCUT2D eigenvalue weighted by atomic mass is 16.4. The van der Waals surface area contributed by atoms with Crippen molar-refractivity contribution in [1.82, 2.24) is 4.98 Å². The van der Waals surface area contributed by atoms with Crippen LogP contribution in [0.25, 0.3) is 33.3 Å². The van der Waals surface area contributed by atoms with E-state index >= 15 is 0 Å². The van der Waals surface area contributed by atoms with E-state index in [0.29, 0.717) is 33.4 Å². The minimum atomic E-state index is -1.39. The van der Waals surface area contributed by atoms with Gasteiger partial charge in [-0.1, -0.05) is 12.1 Å². The van der Waals surface area contributed by atoms with Crippen LogP contribution in [-0.2, 0) is 9.59 Å². The number of rotatable bonds is 8. The van der Waals surface area contributed by atoms with Gasteiger partial charge in [0.1, 0.15) is 11.6 Å². The monoisotopic (exact) mass is 501 g/mol. The molecule has 1 heterocycles. The largest absolute Gasteiger partial charge is 0.507 e. The fraction of sp³-hybridized carbons (Fsp3) is 0.0769. The van der Waals surface area contributed by atoms with Crippen molar-refractivity contribution in [2.45, 2.75) is 12.3 Å². The van der Waals surface area contributed by atoms with Gasteiger partial charge < -0.3 is 37.1 Å². The molecule has 1 aromatic heterocycles. The Kier molecular flexibility index (Phi) is 6.53. The van der Waals surface area contributed by atoms with E-state index in [2.05, 4.69) is 10.3 Å². The van der Waals surface area contributed by atoms with Gasteiger partial charge in [-0.05, 0) is 59.7 Å². The summed E-state index contributed by atoms with van der Waals surface area (Å²) in [4.78, 5) is 37.9. The van der Waals surface area contributed by atoms with Gasteiger partial charge in [0.2, 0.25) is 0 Å². The van der Waals surface area contributed by atoms with Crippen molar-refractivity contribution in [3.63, 3.8) is 0 Å². The number of nitrogen functional groups attached to an aromatic ring is 1. The zero-order valence-corrected chi connectivity index (χ0v) is 19.3. The highest BCUT2D eigenvalue weighted by Crippen LogP contribution is 2.42. The maximum absolute atomic E-state index is 12.0. The smallest absolute Gasteiger partial charge is 0.316 e. The summed E-state index contributed by atoms with van der Waals surface area (Å²) in [5, 5.41) is 41.2. The van der Waals surface area contributed by atoms with Gasteiger partial charge in [0.25, 0.3) is 0 Å². The molecule has 4 aromatic rings. The van der Waals surface area contributed by atoms with E-state index in [0.717, 1.165) is 0 Å². The Hall–Kier alpha value is -5.32. The lowest BCUT2D eigenvalue weighted by Gasteiger charge is -2.17. The lowest BCUT2D eigenvalue weighted by atomic mass is 9.89. The van der Waals surface area contributed by atoms with Gasteiger partial charge in [-0.15, -0.1) is 0 Å². The van der Waals surface area contributed by atoms with Crippen LogP contribution in [0.2, 0.25) is 0 Å². The molecule has 0 aliphatic heterocycles. The molecule has 0 radical (unpaired) electrons. The average molecular weight is 501 g/mol. The number of H-pyrrole nitrogens is 1. The third kappa shape index (κ3) is 5.20. The number of carbonyl (C=O) groups is 3. The minimum Gasteiger partial charge on any atom is -0.507 e. The molecule has 0 bridgehead atoms. The second-order valence-electron chi connectivity index (χ2n) is 8.42. The van der Waals surface area contributed by atoms with E-state index in [1.54, 1.807) is 48.5 Å². The number of carbonyl (C=O) groups excluding carboxylic acids is 1. The maximum Gasteiger partial charge on any atom is 0.316 e. The zero-order chi connectivity index (χ0) is 26.9. The molecule has 0 fully saturated rings. The van der Waals surface area contributed by atoms with Crippen molar-refractivity contribution in [2.24, 2.45) is 11.5 Å². The lowest BCUT2D eigenvalue weighted by molar-refractivity contribution is -0.145. The molecule has 1 atom stereocenters. The number of carboxylic acid groups (broad SMARTS) is 2. The van der Waals surface area contributed by atoms with E-state index in [1.165, 1.54) is 12.1 Å². The summed E-state index contributed by atoms with van der Waals surface area (Å²) in [5.41, 5.74) is 13.8. The molecular formula is C26H23N5O6. The second-order valence-corrected chi connectivity index (χ2v) is 8.42. The molecule has 0 saturated carbocycles. The number of hydrogen-bond donors (Lipinski definition) is 8. The standard InChI is InChI=1S/C26H23N5O6/c27-24(28)13-4-5-20-15(6-13)10-21(31-20)19-9-14(18(25(35)36)11-22(32)33)8-17(23(19)34)12-2-1-3-16(7-12)30-26(29)37/h1-10,18,31,34H,11H2,(H3,27,28)(H,32,33)(H,35,36)(H3,29,30,37). The van der Waals surface area contributed by atoms with Crippen molar-refractivity contribution < 1.29 is 29.7 Å². The molecule has 188 valence electrons. The predicted molar refractivity (Wildman–Crippen MR) is 138 cm³/mol. The summed E-state index contributed by atoms with van der Waals surface area (Å²) < 4.78 is 0. The number of aromatic amines is 1. The van der Waals surface area contributed by atoms with Crippen LogP contribution in [-0.4, -0.2) is 44.1 Å². The van der Waals surface area contributed by atoms with Crippen LogP contribution < -0.4 is 16.8 Å². The molecule has 37 heavy (non-hydrogen) atoms. The van der Waals surface area contributed by atoms with Gasteiger partial charge in [-0.2, -0.15) is 0 Å². The Balaban J connectivity index is 1.95. The number of benzene rings is 3. The normalized spacial score (nSPS) is 11.7. The van der Waals surface area contributed by atoms with Crippen LogP contribution in [0, 0.1) is 5.41 Å². The molecule has 11 nitrogen and oxygen atoms in total. The van der Waals surface area contributed by atoms with E-state index in [1.807, 2.05) is 0 Å². The van der Waals surface area contributed by atoms with Crippen LogP contribution in [0.1, 0.15) is 23.5 Å². The van der Waals surface area contributed by atoms with Crippen LogP contribution in [0.3, 0.4) is 0 Å². The number of aromatic nitrogens is 1. The number of anilines is 1. The van der Waals surface area contributed by atoms with Gasteiger partial charge >= 0.3 is 18.0 Å². The maximum atomic E-state index is 12.0. The topological polar surface area (TPSA) is 216 Å². The third-order valence-corrected chi connectivity index (χ3v) is 5.87. The molecule has 0 aliphatic carbocycles. The molecule has 0 saturated heterocycles. The van der Waals surface area contributed by atoms with Crippen molar-refractivity contribution in [3.8, 4) is 28.1 Å². The molecule has 1 unspecified atom stereocenters. The summed E-state index contributed by atoms with van der Waals surface area (Å²) in [7, 11) is 0. The molecule has 0 aliphatic rings. The molecule has 11 heteroatoms. The first-order valence-electron chi connectivity index (χ1n) is 11.0. The van der Waals surface area contributed by atoms with Gasteiger partial charge in [0.05, 0.1) is 18.0 Å². The van der Waals surface area contributed by atoms with Crippen LogP contribution in [0.4, 0.5) is 10.5 Å². The number of amides is 2. The number of nitrogens with one attached hydrogen (secondary N) is 3. The average Bonchev–Trinajstić information content (AvgIpc) is 3.25. The molecule has 3 aromatic carbocycles. The predicted octanol–water partition coefficient (Wildman–Crippen LogP) is 3.63. The Morgan fingerprint density at radius 1 is 0.973 bits per heavy atom. The van der Waals surface area contributed by atoms with Crippen LogP contribution in [0.15, 0.2) is 60.7 Å². The third-order valence-electron chi connectivity index (χ3n) is 5.87. The minimum absolute atomic E-state index is 0.112. The van der Waals surface area contributed by atoms with Crippen LogP contribution in [0.5, 0.6) is 5.75 Å². The number of phenols is 1. The van der Waals surface area contributed by atoms with E-state index in [4.69, 9.17) is 16.9 Å². The van der Waals surface area contributed by atoms with E-state index in [-0.39, 0.29) is 28.3 Å². The summed E-state index contributed by atoms with van der Waals surface area (Å²) in [6, 6.07) is 15.3. The number of fused-ring (bicyclic) bond motifs is 1. The Labute approximate surface area is 209 Å². The number of carboxylic acids is 2. The van der Waals surface area contributed by atoms with Crippen molar-refractivity contribution in [2.75, 3.05) is 5.32 Å². The van der Waals surface area contributed by atoms with Gasteiger partial charge in [0, 0.05) is 33.3 Å². The van der Waals surface area contributed by atoms with E-state index in [9.17, 15) is 29.7 Å². The first-order chi connectivity index (χ1) is 17.5. The number of hydrogen-bond acceptors (Lipinski definition) is 5. The Morgan fingerprint density at radius 2 is 1.70 bits per heavy atom. The number of primary amides is 1. The first-order valence-corrected chi connectivity index (χ1v) is 11.0. The first kappa shape index (κ1) is 24.8. The van der Waals surface area contributed by atoms with Crippen molar-refractivity contribution >= 4 is 40.4 Å². The number of aromatic hydroxyl groups is 1. The highest BCUT2D eigenvalue weighted by molar-refractivity contribution is 6.00. The highest BCUT2D eigenvalue weighted by Gasteiger charge is 2.26. The fourth-order valence-corrected chi connectivity index (χ4v) is 4.16. The van der Waals surface area contributed by atoms with Gasteiger partial charge in [0.15, 0.2) is 0 Å². The van der Waals surface area contributed by atoms with Crippen molar-refractivity contribution in [1.29, 1.82) is 5.41 Å². The van der Waals surface area contributed by atoms with Gasteiger partial charge in [-0.3, -0.25) is 15.0 Å². The van der Waals surface area contributed by atoms with Gasteiger partial charge in [-0.25, -0.2) is 4.79 Å². The summed E-state index contributed by atoms with van der Waals surface area (Å²) in [6.07, 6.45) is -0.670. The summed E-state index contributed by atoms with van der Waals surface area (Å²) >= 11 is 0. The van der Waals surface area contributed by atoms with Crippen LogP contribution >= 0.6 is 0 Å². The molecular weight excluding hydrogens is 478 g/mol. The number of phenolic OH excluding ortho intramolecular Hbond substituents is 1. The molecule has 0 spiro atoms. The number of amidine groups is 1. The van der Waals surface area contributed by atoms with E-state index < -0.39 is 30.3 Å². The zero-order valence-electron chi connectivity index (χ0n) is 19.3. The second kappa shape index (κ2) is 9.74.